The van der Waals surface area contributed by atoms with Crippen molar-refractivity contribution in [1.29, 1.82) is 0 Å². The minimum atomic E-state index is -1.83. The molecule has 45 heavy (non-hydrogen) atoms. The lowest BCUT2D eigenvalue weighted by molar-refractivity contribution is -0.105. The predicted octanol–water partition coefficient (Wildman–Crippen LogP) is 11.8. The van der Waals surface area contributed by atoms with E-state index in [1.54, 1.807) is 0 Å². The maximum Gasteiger partial charge on any atom is 0.199 e. The number of hydrogen-bond donors (Lipinski definition) is 0. The van der Waals surface area contributed by atoms with Crippen LogP contribution < -0.4 is 4.74 Å². The molecule has 246 valence electrons. The van der Waals surface area contributed by atoms with Gasteiger partial charge in [0, 0.05) is 23.1 Å². The molecule has 1 unspecified atom stereocenters. The molecule has 1 aliphatic rings. The molecule has 0 N–H and O–H groups in total. The van der Waals surface area contributed by atoms with E-state index in [9.17, 15) is 0 Å². The highest BCUT2D eigenvalue weighted by atomic mass is 28.3. The molecule has 0 spiro atoms. The quantitative estimate of drug-likeness (QED) is 0.111. The second-order valence-corrected chi connectivity index (χ2v) is 19.7. The SMILES string of the molecule is CCCCCCc1cc(C#C[Si](C(C)C)(C(C)C)C(C)C)c(CCCCCC)cc1C#Cc1ccc(OC2CCCCO2)cc1. The molecule has 2 aromatic carbocycles. The minimum absolute atomic E-state index is 0.127. The first-order chi connectivity index (χ1) is 21.7. The van der Waals surface area contributed by atoms with Gasteiger partial charge < -0.3 is 9.47 Å². The Labute approximate surface area is 278 Å². The summed E-state index contributed by atoms with van der Waals surface area (Å²) in [5, 5.41) is 0. The van der Waals surface area contributed by atoms with E-state index < -0.39 is 8.07 Å². The lowest BCUT2D eigenvalue weighted by Gasteiger charge is -2.38. The highest BCUT2D eigenvalue weighted by Crippen LogP contribution is 2.41. The number of hydrogen-bond acceptors (Lipinski definition) is 2. The number of rotatable bonds is 15. The zero-order valence-electron chi connectivity index (χ0n) is 30.0. The van der Waals surface area contributed by atoms with Gasteiger partial charge in [0.15, 0.2) is 6.29 Å². The average Bonchev–Trinajstić information content (AvgIpc) is 3.02. The minimum Gasteiger partial charge on any atom is -0.465 e. The van der Waals surface area contributed by atoms with Crippen LogP contribution in [0, 0.1) is 23.3 Å². The van der Waals surface area contributed by atoms with Crippen LogP contribution in [0.15, 0.2) is 36.4 Å². The summed E-state index contributed by atoms with van der Waals surface area (Å²) in [6.07, 6.45) is 15.3. The molecule has 0 aromatic heterocycles. The molecular formula is C42H62O2Si. The van der Waals surface area contributed by atoms with E-state index in [0.29, 0.717) is 16.6 Å². The van der Waals surface area contributed by atoms with Gasteiger partial charge in [-0.05, 0) is 103 Å². The Balaban J connectivity index is 2.00. The summed E-state index contributed by atoms with van der Waals surface area (Å²) in [5.74, 6) is 11.8. The molecular weight excluding hydrogens is 565 g/mol. The highest BCUT2D eigenvalue weighted by molar-refractivity contribution is 6.90. The van der Waals surface area contributed by atoms with E-state index in [1.807, 2.05) is 12.1 Å². The van der Waals surface area contributed by atoms with Gasteiger partial charge in [-0.3, -0.25) is 0 Å². The van der Waals surface area contributed by atoms with Crippen molar-refractivity contribution in [2.75, 3.05) is 6.61 Å². The smallest absolute Gasteiger partial charge is 0.199 e. The summed E-state index contributed by atoms with van der Waals surface area (Å²) in [6.45, 7) is 19.8. The molecule has 0 radical (unpaired) electrons. The molecule has 0 bridgehead atoms. The van der Waals surface area contributed by atoms with E-state index in [1.165, 1.54) is 73.6 Å². The molecule has 2 aromatic rings. The Kier molecular flexibility index (Phi) is 15.8. The number of ether oxygens (including phenoxy) is 2. The van der Waals surface area contributed by atoms with Crippen molar-refractivity contribution < 1.29 is 9.47 Å². The number of unbranched alkanes of at least 4 members (excludes halogenated alkanes) is 6. The van der Waals surface area contributed by atoms with Gasteiger partial charge in [-0.1, -0.05) is 112 Å². The van der Waals surface area contributed by atoms with Crippen LogP contribution in [-0.4, -0.2) is 21.0 Å². The van der Waals surface area contributed by atoms with E-state index >= 15 is 0 Å². The van der Waals surface area contributed by atoms with Gasteiger partial charge in [0.05, 0.1) is 6.61 Å². The molecule has 0 saturated carbocycles. The zero-order valence-corrected chi connectivity index (χ0v) is 31.0. The third-order valence-corrected chi connectivity index (χ3v) is 16.1. The van der Waals surface area contributed by atoms with E-state index in [2.05, 4.69) is 103 Å². The Bertz CT molecular complexity index is 1250. The van der Waals surface area contributed by atoms with Gasteiger partial charge in [-0.15, -0.1) is 5.54 Å². The van der Waals surface area contributed by atoms with Crippen LogP contribution in [-0.2, 0) is 17.6 Å². The van der Waals surface area contributed by atoms with Crippen LogP contribution >= 0.6 is 0 Å². The van der Waals surface area contributed by atoms with Crippen LogP contribution in [0.3, 0.4) is 0 Å². The van der Waals surface area contributed by atoms with E-state index in [4.69, 9.17) is 9.47 Å². The third kappa shape index (κ3) is 11.1. The Morgan fingerprint density at radius 2 is 1.27 bits per heavy atom. The molecule has 1 heterocycles. The van der Waals surface area contributed by atoms with Gasteiger partial charge in [0.1, 0.15) is 13.8 Å². The average molecular weight is 627 g/mol. The Morgan fingerprint density at radius 1 is 0.711 bits per heavy atom. The second kappa shape index (κ2) is 19.3. The first-order valence-electron chi connectivity index (χ1n) is 18.3. The summed E-state index contributed by atoms with van der Waals surface area (Å²) >= 11 is 0. The summed E-state index contributed by atoms with van der Waals surface area (Å²) in [4.78, 5) is 0. The topological polar surface area (TPSA) is 18.5 Å². The standard InChI is InChI=1S/C42H62O2Si/c1-9-11-13-15-19-37-32-40(28-30-45(33(3)4,34(5)6)35(7)8)38(20-16-14-12-10-2)31-39(37)25-22-36-23-26-41(27-24-36)44-42-21-17-18-29-43-42/h23-24,26-27,31-35,42H,9-21,29H2,1-8H3. The monoisotopic (exact) mass is 626 g/mol. The Hall–Kier alpha value is -2.46. The van der Waals surface area contributed by atoms with Gasteiger partial charge in [0.25, 0.3) is 0 Å². The van der Waals surface area contributed by atoms with Crippen LogP contribution in [0.5, 0.6) is 5.75 Å². The van der Waals surface area contributed by atoms with Crippen LogP contribution in [0.1, 0.15) is 154 Å². The highest BCUT2D eigenvalue weighted by Gasteiger charge is 2.41. The van der Waals surface area contributed by atoms with Crippen molar-refractivity contribution in [3.8, 4) is 29.1 Å². The number of aryl methyl sites for hydroxylation is 2. The lowest BCUT2D eigenvalue weighted by Crippen LogP contribution is -2.43. The summed E-state index contributed by atoms with van der Waals surface area (Å²) in [6, 6.07) is 13.0. The predicted molar refractivity (Wildman–Crippen MR) is 197 cm³/mol. The molecule has 1 aliphatic heterocycles. The fourth-order valence-corrected chi connectivity index (χ4v) is 12.4. The van der Waals surface area contributed by atoms with Crippen LogP contribution in [0.2, 0.25) is 16.6 Å². The van der Waals surface area contributed by atoms with Crippen molar-refractivity contribution in [2.24, 2.45) is 0 Å². The molecule has 2 nitrogen and oxygen atoms in total. The fraction of sp³-hybridized carbons (Fsp3) is 0.619. The summed E-state index contributed by atoms with van der Waals surface area (Å²) < 4.78 is 11.8. The molecule has 1 saturated heterocycles. The van der Waals surface area contributed by atoms with Crippen molar-refractivity contribution in [2.45, 2.75) is 162 Å². The first kappa shape index (κ1) is 37.0. The summed E-state index contributed by atoms with van der Waals surface area (Å²) in [7, 11) is -1.83. The molecule has 0 amide bonds. The zero-order chi connectivity index (χ0) is 32.7. The van der Waals surface area contributed by atoms with E-state index in [-0.39, 0.29) is 6.29 Å². The van der Waals surface area contributed by atoms with Gasteiger partial charge in [-0.25, -0.2) is 0 Å². The lowest BCUT2D eigenvalue weighted by atomic mass is 9.92. The largest absolute Gasteiger partial charge is 0.465 e. The first-order valence-corrected chi connectivity index (χ1v) is 20.5. The van der Waals surface area contributed by atoms with E-state index in [0.717, 1.165) is 50.0 Å². The van der Waals surface area contributed by atoms with Crippen LogP contribution in [0.25, 0.3) is 0 Å². The maximum absolute atomic E-state index is 6.05. The molecule has 3 rings (SSSR count). The second-order valence-electron chi connectivity index (χ2n) is 14.1. The van der Waals surface area contributed by atoms with Gasteiger partial charge in [-0.2, -0.15) is 0 Å². The van der Waals surface area contributed by atoms with Crippen molar-refractivity contribution in [3.63, 3.8) is 0 Å². The third-order valence-electron chi connectivity index (χ3n) is 9.81. The molecule has 1 fully saturated rings. The van der Waals surface area contributed by atoms with Crippen LogP contribution in [0.4, 0.5) is 0 Å². The maximum atomic E-state index is 6.05. The fourth-order valence-electron chi connectivity index (χ4n) is 7.14. The van der Waals surface area contributed by atoms with Gasteiger partial charge >= 0.3 is 0 Å². The number of benzene rings is 2. The Morgan fingerprint density at radius 3 is 1.76 bits per heavy atom. The van der Waals surface area contributed by atoms with Crippen molar-refractivity contribution >= 4 is 8.07 Å². The normalized spacial score (nSPS) is 15.1. The van der Waals surface area contributed by atoms with Crippen molar-refractivity contribution in [3.05, 3.63) is 64.2 Å². The molecule has 1 atom stereocenters. The van der Waals surface area contributed by atoms with Crippen molar-refractivity contribution in [1.82, 2.24) is 0 Å². The molecule has 0 aliphatic carbocycles. The summed E-state index contributed by atoms with van der Waals surface area (Å²) in [5.41, 5.74) is 12.1. The van der Waals surface area contributed by atoms with Gasteiger partial charge in [0.2, 0.25) is 0 Å². The molecule has 3 heteroatoms.